The molecule has 364 valence electrons. The largest absolute Gasteiger partial charge is 0.434 e. The molecule has 68 heavy (non-hydrogen) atoms. The zero-order chi connectivity index (χ0) is 48.5. The number of nitrogens with one attached hydrogen (secondary N) is 1. The Morgan fingerprint density at radius 2 is 1.06 bits per heavy atom. The SMILES string of the molecule is CC(C)CSC[C@@H](SCC(C)C)C(=O)N(C)CCCCC(=O)c1nc2ccccc2o1.O=C(CCCCNC(=O)C(CSCc1ccccc1)CSCc1ccccc1)c1nc2ccccc2o1. The Kier molecular flexibility index (Phi) is 24.2. The van der Waals surface area contributed by atoms with Crippen molar-refractivity contribution in [3.63, 3.8) is 0 Å². The van der Waals surface area contributed by atoms with Gasteiger partial charge in [-0.25, -0.2) is 9.97 Å². The fourth-order valence-corrected chi connectivity index (χ4v) is 11.8. The minimum absolute atomic E-state index is 0.00229. The molecule has 2 amide bonds. The molecule has 6 aromatic rings. The predicted octanol–water partition coefficient (Wildman–Crippen LogP) is 12.6. The number of rotatable bonds is 29. The molecule has 0 bridgehead atoms. The van der Waals surface area contributed by atoms with Gasteiger partial charge in [-0.2, -0.15) is 35.3 Å². The number of carbonyl (C=O) groups is 4. The van der Waals surface area contributed by atoms with Gasteiger partial charge >= 0.3 is 0 Å². The smallest absolute Gasteiger partial charge is 0.264 e. The Labute approximate surface area is 420 Å². The summed E-state index contributed by atoms with van der Waals surface area (Å²) < 4.78 is 11.1. The van der Waals surface area contributed by atoms with E-state index in [1.165, 1.54) is 11.1 Å². The number of oxazole rings is 2. The van der Waals surface area contributed by atoms with Gasteiger partial charge in [0.25, 0.3) is 11.8 Å². The molecule has 0 fully saturated rings. The summed E-state index contributed by atoms with van der Waals surface area (Å²) in [5.74, 6) is 7.85. The van der Waals surface area contributed by atoms with E-state index in [-0.39, 0.29) is 46.3 Å². The van der Waals surface area contributed by atoms with Gasteiger partial charge in [-0.1, -0.05) is 113 Å². The Balaban J connectivity index is 0.000000259. The standard InChI is InChI=1S/C30H32N2O3S2.C24H36N2O3S2/c33-27(30-32-26-15-7-8-17-28(26)35-30)16-9-10-18-31-29(34)25(21-36-19-23-11-3-1-4-12-23)22-37-20-24-13-5-2-6-14-24;1-17(2)14-30-16-22(31-15-18(3)4)24(28)26(5)13-9-8-11-20(27)23-25-19-10-6-7-12-21(19)29-23/h1-8,11-15,17,25H,9-10,16,18-22H2,(H,31,34);6-7,10,12,17-18,22H,8-9,11,13-16H2,1-5H3/t;22-/m.1/s1. The third-order valence-electron chi connectivity index (χ3n) is 10.6. The second-order valence-electron chi connectivity index (χ2n) is 17.6. The van der Waals surface area contributed by atoms with Gasteiger partial charge in [0.1, 0.15) is 11.0 Å². The van der Waals surface area contributed by atoms with Crippen LogP contribution in [0, 0.1) is 17.8 Å². The topological polar surface area (TPSA) is 136 Å². The van der Waals surface area contributed by atoms with Gasteiger partial charge in [-0.15, -0.1) is 11.8 Å². The quantitative estimate of drug-likeness (QED) is 0.0354. The predicted molar refractivity (Wildman–Crippen MR) is 287 cm³/mol. The molecular formula is C54H68N4O6S4. The van der Waals surface area contributed by atoms with Gasteiger partial charge in [0.05, 0.1) is 11.2 Å². The maximum Gasteiger partial charge on any atom is 0.264 e. The Morgan fingerprint density at radius 3 is 1.56 bits per heavy atom. The number of fused-ring (bicyclic) bond motifs is 2. The van der Waals surface area contributed by atoms with E-state index in [4.69, 9.17) is 8.83 Å². The number of hydrogen-bond donors (Lipinski definition) is 1. The average Bonchev–Trinajstić information content (AvgIpc) is 3.99. The monoisotopic (exact) mass is 996 g/mol. The van der Waals surface area contributed by atoms with Crippen molar-refractivity contribution in [3.05, 3.63) is 132 Å². The van der Waals surface area contributed by atoms with Gasteiger partial charge in [0.2, 0.25) is 23.4 Å². The first-order valence-corrected chi connectivity index (χ1v) is 28.2. The number of thioether (sulfide) groups is 4. The van der Waals surface area contributed by atoms with E-state index < -0.39 is 0 Å². The lowest BCUT2D eigenvalue weighted by atomic mass is 10.1. The van der Waals surface area contributed by atoms with Crippen LogP contribution in [0.3, 0.4) is 0 Å². The van der Waals surface area contributed by atoms with E-state index in [1.54, 1.807) is 41.4 Å². The number of hydrogen-bond acceptors (Lipinski definition) is 12. The second-order valence-corrected chi connectivity index (χ2v) is 22.0. The van der Waals surface area contributed by atoms with Crippen molar-refractivity contribution in [2.45, 2.75) is 83.0 Å². The van der Waals surface area contributed by atoms with Crippen molar-refractivity contribution in [3.8, 4) is 0 Å². The minimum Gasteiger partial charge on any atom is -0.434 e. The van der Waals surface area contributed by atoms with E-state index in [0.717, 1.165) is 53.1 Å². The molecule has 0 saturated carbocycles. The van der Waals surface area contributed by atoms with Crippen molar-refractivity contribution in [2.24, 2.45) is 17.8 Å². The molecule has 2 heterocycles. The third-order valence-corrected chi connectivity index (χ3v) is 16.2. The first kappa shape index (κ1) is 54.4. The van der Waals surface area contributed by atoms with Crippen LogP contribution in [-0.4, -0.2) is 92.4 Å². The molecule has 0 aliphatic heterocycles. The summed E-state index contributed by atoms with van der Waals surface area (Å²) in [6.07, 6.45) is 3.64. The number of aromatic nitrogens is 2. The van der Waals surface area contributed by atoms with Crippen LogP contribution in [0.5, 0.6) is 0 Å². The van der Waals surface area contributed by atoms with Crippen molar-refractivity contribution in [1.82, 2.24) is 20.2 Å². The zero-order valence-electron chi connectivity index (χ0n) is 40.2. The summed E-state index contributed by atoms with van der Waals surface area (Å²) in [7, 11) is 1.88. The molecular weight excluding hydrogens is 929 g/mol. The normalized spacial score (nSPS) is 11.8. The summed E-state index contributed by atoms with van der Waals surface area (Å²) in [5, 5.41) is 3.10. The number of para-hydroxylation sites is 4. The first-order valence-electron chi connectivity index (χ1n) is 23.7. The maximum atomic E-state index is 13.0. The molecule has 0 aliphatic rings. The van der Waals surface area contributed by atoms with Gasteiger partial charge in [0, 0.05) is 61.7 Å². The van der Waals surface area contributed by atoms with Crippen molar-refractivity contribution < 1.29 is 28.0 Å². The fraction of sp³-hybridized carbons (Fsp3) is 0.444. The summed E-state index contributed by atoms with van der Waals surface area (Å²) >= 11 is 7.24. The zero-order valence-corrected chi connectivity index (χ0v) is 43.5. The minimum atomic E-state index is -0.102. The summed E-state index contributed by atoms with van der Waals surface area (Å²) in [6, 6.07) is 35.5. The Morgan fingerprint density at radius 1 is 0.574 bits per heavy atom. The van der Waals surface area contributed by atoms with Gasteiger partial charge in [-0.05, 0) is 84.4 Å². The molecule has 14 heteroatoms. The first-order chi connectivity index (χ1) is 33.0. The molecule has 1 atom stereocenters. The van der Waals surface area contributed by atoms with Crippen LogP contribution in [-0.2, 0) is 21.1 Å². The van der Waals surface area contributed by atoms with Crippen LogP contribution in [0.15, 0.2) is 118 Å². The van der Waals surface area contributed by atoms with Gasteiger partial charge in [0.15, 0.2) is 11.2 Å². The Hall–Kier alpha value is -4.50. The van der Waals surface area contributed by atoms with E-state index in [0.29, 0.717) is 72.8 Å². The van der Waals surface area contributed by atoms with Crippen LogP contribution >= 0.6 is 47.0 Å². The van der Waals surface area contributed by atoms with Crippen LogP contribution in [0.1, 0.15) is 98.7 Å². The molecule has 0 unspecified atom stereocenters. The van der Waals surface area contributed by atoms with E-state index in [9.17, 15) is 19.2 Å². The highest BCUT2D eigenvalue weighted by molar-refractivity contribution is 8.03. The number of unbranched alkanes of at least 4 members (excludes halogenated alkanes) is 2. The molecule has 10 nitrogen and oxygen atoms in total. The van der Waals surface area contributed by atoms with Crippen molar-refractivity contribution in [1.29, 1.82) is 0 Å². The summed E-state index contributed by atoms with van der Waals surface area (Å²) in [5.41, 5.74) is 5.20. The molecule has 0 spiro atoms. The maximum absolute atomic E-state index is 13.0. The van der Waals surface area contributed by atoms with Crippen LogP contribution < -0.4 is 5.32 Å². The molecule has 0 aliphatic carbocycles. The van der Waals surface area contributed by atoms with E-state index in [2.05, 4.69) is 67.2 Å². The molecule has 0 saturated heterocycles. The van der Waals surface area contributed by atoms with Crippen LogP contribution in [0.25, 0.3) is 22.2 Å². The number of Topliss-reactive ketones (excluding diaryl/α,β-unsaturated/α-hetero) is 2. The highest BCUT2D eigenvalue weighted by Crippen LogP contribution is 2.25. The number of ketones is 2. The number of amides is 2. The summed E-state index contributed by atoms with van der Waals surface area (Å²) in [4.78, 5) is 61.2. The van der Waals surface area contributed by atoms with Crippen LogP contribution in [0.4, 0.5) is 0 Å². The highest BCUT2D eigenvalue weighted by atomic mass is 32.2. The lowest BCUT2D eigenvalue weighted by molar-refractivity contribution is -0.129. The summed E-state index contributed by atoms with van der Waals surface area (Å²) in [6.45, 7) is 10.0. The van der Waals surface area contributed by atoms with E-state index in [1.807, 2.05) is 103 Å². The molecule has 1 N–H and O–H groups in total. The molecule has 6 rings (SSSR count). The van der Waals surface area contributed by atoms with Crippen LogP contribution in [0.2, 0.25) is 0 Å². The van der Waals surface area contributed by atoms with E-state index >= 15 is 0 Å². The van der Waals surface area contributed by atoms with Crippen molar-refractivity contribution in [2.75, 3.05) is 48.9 Å². The highest BCUT2D eigenvalue weighted by Gasteiger charge is 2.24. The van der Waals surface area contributed by atoms with Gasteiger partial charge in [-0.3, -0.25) is 19.2 Å². The van der Waals surface area contributed by atoms with Gasteiger partial charge < -0.3 is 19.1 Å². The lowest BCUT2D eigenvalue weighted by Gasteiger charge is -2.24. The number of nitrogens with zero attached hydrogens (tertiary/aromatic N) is 3. The lowest BCUT2D eigenvalue weighted by Crippen LogP contribution is -2.37. The molecule has 0 radical (unpaired) electrons. The molecule has 2 aromatic heterocycles. The van der Waals surface area contributed by atoms with Crippen molar-refractivity contribution >= 4 is 92.6 Å². The fourth-order valence-electron chi connectivity index (χ4n) is 6.85. The molecule has 4 aromatic carbocycles. The number of benzene rings is 4. The second kappa shape index (κ2) is 30.2. The average molecular weight is 997 g/mol. The Bertz CT molecular complexity index is 2310. The third kappa shape index (κ3) is 19.5. The number of carbonyl (C=O) groups excluding carboxylic acids is 4.